The van der Waals surface area contributed by atoms with E-state index in [1.54, 1.807) is 11.8 Å². The van der Waals surface area contributed by atoms with Crippen molar-refractivity contribution in [2.45, 2.75) is 19.6 Å². The molecule has 0 bridgehead atoms. The maximum absolute atomic E-state index is 5.93. The van der Waals surface area contributed by atoms with Crippen molar-refractivity contribution in [1.82, 2.24) is 0 Å². The molecular formula is C16H20N2S. The SMILES string of the molecule is CC(C)CN=C(N)SCc1cccc2ccccc12. The van der Waals surface area contributed by atoms with Crippen LogP contribution in [-0.4, -0.2) is 11.7 Å². The lowest BCUT2D eigenvalue weighted by Crippen LogP contribution is -2.09. The molecule has 3 heteroatoms. The largest absolute Gasteiger partial charge is 0.379 e. The van der Waals surface area contributed by atoms with E-state index >= 15 is 0 Å². The number of amidine groups is 1. The second-order valence-corrected chi connectivity index (χ2v) is 6.00. The van der Waals surface area contributed by atoms with E-state index in [9.17, 15) is 0 Å². The summed E-state index contributed by atoms with van der Waals surface area (Å²) >= 11 is 1.61. The highest BCUT2D eigenvalue weighted by atomic mass is 32.2. The van der Waals surface area contributed by atoms with Crippen LogP contribution < -0.4 is 5.73 Å². The molecule has 100 valence electrons. The van der Waals surface area contributed by atoms with E-state index in [-0.39, 0.29) is 0 Å². The van der Waals surface area contributed by atoms with Crippen molar-refractivity contribution in [1.29, 1.82) is 0 Å². The maximum Gasteiger partial charge on any atom is 0.154 e. The zero-order valence-corrected chi connectivity index (χ0v) is 12.3. The van der Waals surface area contributed by atoms with E-state index in [0.29, 0.717) is 11.1 Å². The first-order valence-corrected chi connectivity index (χ1v) is 7.54. The van der Waals surface area contributed by atoms with Crippen molar-refractivity contribution in [3.8, 4) is 0 Å². The number of aliphatic imine (C=N–C) groups is 1. The van der Waals surface area contributed by atoms with Gasteiger partial charge in [0.25, 0.3) is 0 Å². The number of hydrogen-bond acceptors (Lipinski definition) is 2. The van der Waals surface area contributed by atoms with Crippen molar-refractivity contribution >= 4 is 27.7 Å². The Morgan fingerprint density at radius 3 is 2.68 bits per heavy atom. The van der Waals surface area contributed by atoms with Gasteiger partial charge < -0.3 is 5.73 Å². The molecule has 0 atom stereocenters. The van der Waals surface area contributed by atoms with E-state index in [0.717, 1.165) is 12.3 Å². The topological polar surface area (TPSA) is 38.4 Å². The first-order valence-electron chi connectivity index (χ1n) is 6.56. The molecule has 0 amide bonds. The summed E-state index contributed by atoms with van der Waals surface area (Å²) < 4.78 is 0. The van der Waals surface area contributed by atoms with Gasteiger partial charge in [0.05, 0.1) is 0 Å². The summed E-state index contributed by atoms with van der Waals surface area (Å²) in [5.74, 6) is 1.42. The van der Waals surface area contributed by atoms with Crippen LogP contribution in [0.5, 0.6) is 0 Å². The van der Waals surface area contributed by atoms with Crippen LogP contribution in [0.25, 0.3) is 10.8 Å². The van der Waals surface area contributed by atoms with Gasteiger partial charge in [0, 0.05) is 12.3 Å². The maximum atomic E-state index is 5.93. The Morgan fingerprint density at radius 1 is 1.16 bits per heavy atom. The molecule has 0 radical (unpaired) electrons. The molecule has 0 saturated carbocycles. The molecule has 2 nitrogen and oxygen atoms in total. The summed E-state index contributed by atoms with van der Waals surface area (Å²) in [4.78, 5) is 4.38. The zero-order valence-electron chi connectivity index (χ0n) is 11.5. The fourth-order valence-electron chi connectivity index (χ4n) is 1.89. The first kappa shape index (κ1) is 13.9. The molecule has 2 N–H and O–H groups in total. The van der Waals surface area contributed by atoms with Gasteiger partial charge in [0.15, 0.2) is 5.17 Å². The molecule has 0 saturated heterocycles. The van der Waals surface area contributed by atoms with Gasteiger partial charge in [-0.15, -0.1) is 0 Å². The van der Waals surface area contributed by atoms with Crippen LogP contribution in [0.1, 0.15) is 19.4 Å². The summed E-state index contributed by atoms with van der Waals surface area (Å²) in [6.45, 7) is 5.09. The van der Waals surface area contributed by atoms with Gasteiger partial charge in [-0.3, -0.25) is 4.99 Å². The van der Waals surface area contributed by atoms with Crippen LogP contribution in [0, 0.1) is 5.92 Å². The average molecular weight is 272 g/mol. The second-order valence-electron chi connectivity index (χ2n) is 5.00. The monoisotopic (exact) mass is 272 g/mol. The number of hydrogen-bond donors (Lipinski definition) is 1. The summed E-state index contributed by atoms with van der Waals surface area (Å²) in [5.41, 5.74) is 7.24. The molecule has 19 heavy (non-hydrogen) atoms. The van der Waals surface area contributed by atoms with E-state index in [4.69, 9.17) is 5.73 Å². The first-order chi connectivity index (χ1) is 9.16. The predicted molar refractivity (Wildman–Crippen MR) is 86.6 cm³/mol. The number of thioether (sulfide) groups is 1. The fraction of sp³-hybridized carbons (Fsp3) is 0.312. The standard InChI is InChI=1S/C16H20N2S/c1-12(2)10-18-16(17)19-11-14-8-5-7-13-6-3-4-9-15(13)14/h3-9,12H,10-11H2,1-2H3,(H2,17,18). The van der Waals surface area contributed by atoms with Crippen LogP contribution in [0.3, 0.4) is 0 Å². The Bertz CT molecular complexity index is 570. The van der Waals surface area contributed by atoms with Crippen molar-refractivity contribution in [2.24, 2.45) is 16.6 Å². The highest BCUT2D eigenvalue weighted by Gasteiger charge is 2.02. The van der Waals surface area contributed by atoms with Crippen LogP contribution >= 0.6 is 11.8 Å². The number of fused-ring (bicyclic) bond motifs is 1. The Morgan fingerprint density at radius 2 is 1.89 bits per heavy atom. The Kier molecular flexibility index (Phi) is 4.86. The van der Waals surface area contributed by atoms with Gasteiger partial charge in [-0.25, -0.2) is 0 Å². The predicted octanol–water partition coefficient (Wildman–Crippen LogP) is 4.04. The van der Waals surface area contributed by atoms with Crippen LogP contribution in [0.15, 0.2) is 47.5 Å². The molecule has 0 fully saturated rings. The minimum Gasteiger partial charge on any atom is -0.379 e. The van der Waals surface area contributed by atoms with Crippen molar-refractivity contribution in [3.05, 3.63) is 48.0 Å². The lowest BCUT2D eigenvalue weighted by Gasteiger charge is -2.06. The van der Waals surface area contributed by atoms with E-state index < -0.39 is 0 Å². The Labute approximate surface area is 119 Å². The average Bonchev–Trinajstić information content (AvgIpc) is 2.42. The highest BCUT2D eigenvalue weighted by molar-refractivity contribution is 8.13. The summed E-state index contributed by atoms with van der Waals surface area (Å²) in [6, 6.07) is 14.8. The number of benzene rings is 2. The Balaban J connectivity index is 2.08. The van der Waals surface area contributed by atoms with Gasteiger partial charge in [-0.05, 0) is 22.3 Å². The van der Waals surface area contributed by atoms with Crippen LogP contribution in [0.2, 0.25) is 0 Å². The molecule has 2 aromatic carbocycles. The summed E-state index contributed by atoms with van der Waals surface area (Å²) in [5, 5.41) is 3.26. The van der Waals surface area contributed by atoms with Gasteiger partial charge >= 0.3 is 0 Å². The summed E-state index contributed by atoms with van der Waals surface area (Å²) in [7, 11) is 0. The van der Waals surface area contributed by atoms with Crippen molar-refractivity contribution in [2.75, 3.05) is 6.54 Å². The Hall–Kier alpha value is -1.48. The molecule has 0 aromatic heterocycles. The molecule has 2 rings (SSSR count). The normalized spacial score (nSPS) is 12.3. The molecule has 0 unspecified atom stereocenters. The van der Waals surface area contributed by atoms with Gasteiger partial charge in [0.2, 0.25) is 0 Å². The fourth-order valence-corrected chi connectivity index (χ4v) is 2.61. The molecule has 2 aromatic rings. The third kappa shape index (κ3) is 4.00. The third-order valence-corrected chi connectivity index (χ3v) is 3.75. The number of nitrogens with two attached hydrogens (primary N) is 1. The molecule has 0 heterocycles. The number of rotatable bonds is 4. The molecule has 0 spiro atoms. The van der Waals surface area contributed by atoms with E-state index in [2.05, 4.69) is 61.3 Å². The zero-order chi connectivity index (χ0) is 13.7. The minimum absolute atomic E-state index is 0.553. The molecular weight excluding hydrogens is 252 g/mol. The molecule has 0 aliphatic carbocycles. The number of nitrogens with zero attached hydrogens (tertiary/aromatic N) is 1. The quantitative estimate of drug-likeness (QED) is 0.673. The van der Waals surface area contributed by atoms with Gasteiger partial charge in [-0.2, -0.15) is 0 Å². The van der Waals surface area contributed by atoms with Gasteiger partial charge in [-0.1, -0.05) is 68.1 Å². The smallest absolute Gasteiger partial charge is 0.154 e. The lowest BCUT2D eigenvalue weighted by atomic mass is 10.1. The van der Waals surface area contributed by atoms with E-state index in [1.807, 2.05) is 0 Å². The highest BCUT2D eigenvalue weighted by Crippen LogP contribution is 2.22. The lowest BCUT2D eigenvalue weighted by molar-refractivity contribution is 0.666. The molecule has 0 aliphatic heterocycles. The van der Waals surface area contributed by atoms with Gasteiger partial charge in [0.1, 0.15) is 0 Å². The van der Waals surface area contributed by atoms with Crippen LogP contribution in [-0.2, 0) is 5.75 Å². The minimum atomic E-state index is 0.553. The summed E-state index contributed by atoms with van der Waals surface area (Å²) in [6.07, 6.45) is 0. The van der Waals surface area contributed by atoms with Crippen molar-refractivity contribution in [3.63, 3.8) is 0 Å². The van der Waals surface area contributed by atoms with Crippen molar-refractivity contribution < 1.29 is 0 Å². The van der Waals surface area contributed by atoms with E-state index in [1.165, 1.54) is 16.3 Å². The third-order valence-electron chi connectivity index (χ3n) is 2.87. The second kappa shape index (κ2) is 6.62. The molecule has 0 aliphatic rings. The van der Waals surface area contributed by atoms with Crippen LogP contribution in [0.4, 0.5) is 0 Å².